The van der Waals surface area contributed by atoms with Crippen LogP contribution in [0, 0.1) is 6.92 Å². The van der Waals surface area contributed by atoms with Crippen molar-refractivity contribution in [3.05, 3.63) is 23.8 Å². The van der Waals surface area contributed by atoms with Crippen molar-refractivity contribution < 1.29 is 9.26 Å². The fourth-order valence-electron chi connectivity index (χ4n) is 1.81. The first-order chi connectivity index (χ1) is 8.74. The molecule has 0 spiro atoms. The van der Waals surface area contributed by atoms with E-state index >= 15 is 0 Å². The van der Waals surface area contributed by atoms with Gasteiger partial charge in [0.25, 0.3) is 0 Å². The summed E-state index contributed by atoms with van der Waals surface area (Å²) in [5.74, 6) is 1.27. The molecule has 1 fully saturated rings. The highest BCUT2D eigenvalue weighted by Crippen LogP contribution is 2.24. The van der Waals surface area contributed by atoms with Crippen LogP contribution in [0.25, 0.3) is 11.6 Å². The molecule has 2 aromatic rings. The average molecular weight is 247 g/mol. The highest BCUT2D eigenvalue weighted by molar-refractivity contribution is 5.41. The van der Waals surface area contributed by atoms with E-state index in [2.05, 4.69) is 20.1 Å². The molecule has 0 aliphatic carbocycles. The number of ether oxygens (including phenoxy) is 1. The van der Waals surface area contributed by atoms with Gasteiger partial charge in [0.2, 0.25) is 17.5 Å². The number of hydrogen-bond acceptors (Lipinski definition) is 7. The molecule has 3 heterocycles. The fourth-order valence-corrected chi connectivity index (χ4v) is 1.81. The van der Waals surface area contributed by atoms with Gasteiger partial charge >= 0.3 is 0 Å². The Morgan fingerprint density at radius 3 is 2.67 bits per heavy atom. The molecule has 2 unspecified atom stereocenters. The molecule has 0 saturated carbocycles. The molecule has 1 saturated heterocycles. The standard InChI is InChI=1S/C11H13N5O2/c1-6-2-13-9(14-3-6)10-15-11(18-16-10)7-4-17-5-8(7)12/h2-3,7-8H,4-5,12H2,1H3. The van der Waals surface area contributed by atoms with Crippen LogP contribution in [0.5, 0.6) is 0 Å². The van der Waals surface area contributed by atoms with Gasteiger partial charge in [-0.05, 0) is 12.5 Å². The monoisotopic (exact) mass is 247 g/mol. The van der Waals surface area contributed by atoms with Crippen LogP contribution in [-0.2, 0) is 4.74 Å². The summed E-state index contributed by atoms with van der Waals surface area (Å²) in [6.45, 7) is 2.95. The normalized spacial score (nSPS) is 23.4. The third kappa shape index (κ3) is 1.98. The molecule has 0 radical (unpaired) electrons. The van der Waals surface area contributed by atoms with Crippen molar-refractivity contribution in [1.82, 2.24) is 20.1 Å². The summed E-state index contributed by atoms with van der Waals surface area (Å²) >= 11 is 0. The van der Waals surface area contributed by atoms with Crippen LogP contribution < -0.4 is 5.73 Å². The first kappa shape index (κ1) is 11.2. The molecule has 7 nitrogen and oxygen atoms in total. The van der Waals surface area contributed by atoms with E-state index in [9.17, 15) is 0 Å². The minimum absolute atomic E-state index is 0.0447. The van der Waals surface area contributed by atoms with Gasteiger partial charge in [0.05, 0.1) is 19.1 Å². The molecule has 0 aromatic carbocycles. The van der Waals surface area contributed by atoms with Crippen LogP contribution in [0.15, 0.2) is 16.9 Å². The molecular formula is C11H13N5O2. The molecule has 94 valence electrons. The summed E-state index contributed by atoms with van der Waals surface area (Å²) in [5.41, 5.74) is 6.88. The SMILES string of the molecule is Cc1cnc(-c2noc(C3COCC3N)n2)nc1. The van der Waals surface area contributed by atoms with Crippen LogP contribution in [0.3, 0.4) is 0 Å². The Labute approximate surface area is 103 Å². The Bertz CT molecular complexity index is 539. The summed E-state index contributed by atoms with van der Waals surface area (Å²) in [6, 6.07) is -0.0998. The largest absolute Gasteiger partial charge is 0.379 e. The molecule has 2 atom stereocenters. The van der Waals surface area contributed by atoms with E-state index in [1.54, 1.807) is 12.4 Å². The number of nitrogens with two attached hydrogens (primary N) is 1. The van der Waals surface area contributed by atoms with Gasteiger partial charge in [-0.25, -0.2) is 9.97 Å². The highest BCUT2D eigenvalue weighted by Gasteiger charge is 2.31. The zero-order valence-electron chi connectivity index (χ0n) is 9.91. The van der Waals surface area contributed by atoms with Crippen molar-refractivity contribution in [3.63, 3.8) is 0 Å². The summed E-state index contributed by atoms with van der Waals surface area (Å²) in [6.07, 6.45) is 3.42. The molecule has 18 heavy (non-hydrogen) atoms. The van der Waals surface area contributed by atoms with E-state index in [0.29, 0.717) is 30.8 Å². The lowest BCUT2D eigenvalue weighted by molar-refractivity contribution is 0.187. The van der Waals surface area contributed by atoms with Crippen molar-refractivity contribution in [1.29, 1.82) is 0 Å². The molecule has 1 aliphatic heterocycles. The maximum atomic E-state index is 5.89. The minimum atomic E-state index is -0.0998. The maximum Gasteiger partial charge on any atom is 0.240 e. The highest BCUT2D eigenvalue weighted by atomic mass is 16.5. The Balaban J connectivity index is 1.87. The second-order valence-corrected chi connectivity index (χ2v) is 4.35. The van der Waals surface area contributed by atoms with Gasteiger partial charge in [-0.3, -0.25) is 0 Å². The second kappa shape index (κ2) is 4.43. The van der Waals surface area contributed by atoms with Gasteiger partial charge < -0.3 is 15.0 Å². The van der Waals surface area contributed by atoms with Gasteiger partial charge in [-0.15, -0.1) is 0 Å². The van der Waals surface area contributed by atoms with Gasteiger partial charge in [0.15, 0.2) is 0 Å². The molecule has 2 aromatic heterocycles. The van der Waals surface area contributed by atoms with Gasteiger partial charge in [0.1, 0.15) is 0 Å². The van der Waals surface area contributed by atoms with Crippen molar-refractivity contribution in [3.8, 4) is 11.6 Å². The predicted octanol–water partition coefficient (Wildman–Crippen LogP) is 0.276. The number of aryl methyl sites for hydroxylation is 1. The summed E-state index contributed by atoms with van der Waals surface area (Å²) in [4.78, 5) is 12.6. The summed E-state index contributed by atoms with van der Waals surface area (Å²) in [7, 11) is 0. The van der Waals surface area contributed by atoms with Crippen molar-refractivity contribution in [2.45, 2.75) is 18.9 Å². The Kier molecular flexibility index (Phi) is 2.77. The zero-order valence-corrected chi connectivity index (χ0v) is 9.91. The Morgan fingerprint density at radius 1 is 1.22 bits per heavy atom. The minimum Gasteiger partial charge on any atom is -0.379 e. The van der Waals surface area contributed by atoms with Crippen molar-refractivity contribution in [2.75, 3.05) is 13.2 Å². The summed E-state index contributed by atoms with van der Waals surface area (Å²) < 4.78 is 10.5. The number of nitrogens with zero attached hydrogens (tertiary/aromatic N) is 4. The lowest BCUT2D eigenvalue weighted by Gasteiger charge is -2.05. The fraction of sp³-hybridized carbons (Fsp3) is 0.455. The number of hydrogen-bond donors (Lipinski definition) is 1. The van der Waals surface area contributed by atoms with Crippen molar-refractivity contribution >= 4 is 0 Å². The van der Waals surface area contributed by atoms with Crippen LogP contribution in [0.4, 0.5) is 0 Å². The molecule has 2 N–H and O–H groups in total. The van der Waals surface area contributed by atoms with E-state index in [1.165, 1.54) is 0 Å². The van der Waals surface area contributed by atoms with Gasteiger partial charge in [-0.2, -0.15) is 4.98 Å². The van der Waals surface area contributed by atoms with Gasteiger partial charge in [0, 0.05) is 18.4 Å². The molecule has 7 heteroatoms. The zero-order chi connectivity index (χ0) is 12.5. The Hall–Kier alpha value is -1.86. The van der Waals surface area contributed by atoms with E-state index in [0.717, 1.165) is 5.56 Å². The summed E-state index contributed by atoms with van der Waals surface area (Å²) in [5, 5.41) is 3.87. The third-order valence-corrected chi connectivity index (χ3v) is 2.86. The average Bonchev–Trinajstić information content (AvgIpc) is 2.98. The van der Waals surface area contributed by atoms with E-state index < -0.39 is 0 Å². The van der Waals surface area contributed by atoms with Crippen LogP contribution in [-0.4, -0.2) is 39.4 Å². The first-order valence-corrected chi connectivity index (χ1v) is 5.70. The van der Waals surface area contributed by atoms with Crippen LogP contribution in [0.1, 0.15) is 17.4 Å². The third-order valence-electron chi connectivity index (χ3n) is 2.86. The van der Waals surface area contributed by atoms with E-state index in [-0.39, 0.29) is 12.0 Å². The second-order valence-electron chi connectivity index (χ2n) is 4.35. The molecule has 0 amide bonds. The van der Waals surface area contributed by atoms with Crippen molar-refractivity contribution in [2.24, 2.45) is 5.73 Å². The lowest BCUT2D eigenvalue weighted by Crippen LogP contribution is -2.27. The molecule has 1 aliphatic rings. The first-order valence-electron chi connectivity index (χ1n) is 5.70. The molecular weight excluding hydrogens is 234 g/mol. The number of aromatic nitrogens is 4. The maximum absolute atomic E-state index is 5.89. The quantitative estimate of drug-likeness (QED) is 0.813. The van der Waals surface area contributed by atoms with Crippen LogP contribution in [0.2, 0.25) is 0 Å². The molecule has 0 bridgehead atoms. The predicted molar refractivity (Wildman–Crippen MR) is 61.6 cm³/mol. The van der Waals surface area contributed by atoms with Gasteiger partial charge in [-0.1, -0.05) is 5.16 Å². The topological polar surface area (TPSA) is 100.0 Å². The molecule has 3 rings (SSSR count). The Morgan fingerprint density at radius 2 is 2.00 bits per heavy atom. The van der Waals surface area contributed by atoms with Crippen LogP contribution >= 0.6 is 0 Å². The lowest BCUT2D eigenvalue weighted by atomic mass is 10.1. The smallest absolute Gasteiger partial charge is 0.240 e. The van der Waals surface area contributed by atoms with E-state index in [4.69, 9.17) is 15.0 Å². The van der Waals surface area contributed by atoms with E-state index in [1.807, 2.05) is 6.92 Å². The number of rotatable bonds is 2.